The summed E-state index contributed by atoms with van der Waals surface area (Å²) in [5, 5.41) is 13.8. The minimum Gasteiger partial charge on any atom is -0.354 e. The molecule has 1 aliphatic heterocycles. The van der Waals surface area contributed by atoms with E-state index < -0.39 is 89.2 Å². The van der Waals surface area contributed by atoms with Gasteiger partial charge >= 0.3 is 6.18 Å². The van der Waals surface area contributed by atoms with E-state index in [1.54, 1.807) is 32.0 Å². The Morgan fingerprint density at radius 3 is 2.12 bits per heavy atom. The third-order valence-electron chi connectivity index (χ3n) is 11.0. The molecule has 1 aliphatic carbocycles. The number of nitrogens with zero attached hydrogens (tertiary/aromatic N) is 2. The second-order valence-electron chi connectivity index (χ2n) is 15.8. The van der Waals surface area contributed by atoms with E-state index in [-0.39, 0.29) is 63.8 Å². The SMILES string of the molecule is CC[C@H](NC(=O)C1(C(F)(F)F)CC1)C(=O)N[C@@H](CC)C(=O)N(C)[C@H]1CCCCNC(=O)[C@@H](CC)NC(=O)[C@H](Cc2cc(Cl)ccc2Cl)N(C)C(=O)[C@H](CC(C)C)NC1=O. The highest BCUT2D eigenvalue weighted by atomic mass is 35.5. The smallest absolute Gasteiger partial charge is 0.354 e. The van der Waals surface area contributed by atoms with Gasteiger partial charge in [0.15, 0.2) is 0 Å². The molecule has 6 atom stereocenters. The molecule has 1 saturated heterocycles. The minimum absolute atomic E-state index is 0.0318. The van der Waals surface area contributed by atoms with E-state index in [1.807, 2.05) is 13.8 Å². The van der Waals surface area contributed by atoms with Gasteiger partial charge in [0, 0.05) is 37.1 Å². The van der Waals surface area contributed by atoms with Crippen molar-refractivity contribution < 1.29 is 46.7 Å². The Morgan fingerprint density at radius 1 is 0.932 bits per heavy atom. The summed E-state index contributed by atoms with van der Waals surface area (Å²) in [7, 11) is 2.78. The number of hydrogen-bond donors (Lipinski definition) is 5. The van der Waals surface area contributed by atoms with Gasteiger partial charge in [0.1, 0.15) is 41.7 Å². The molecule has 14 nitrogen and oxygen atoms in total. The lowest BCUT2D eigenvalue weighted by atomic mass is 9.98. The number of alkyl halides is 3. The van der Waals surface area contributed by atoms with Crippen LogP contribution in [0.5, 0.6) is 0 Å². The molecule has 0 aromatic heterocycles. The average molecular weight is 877 g/mol. The van der Waals surface area contributed by atoms with Crippen LogP contribution in [0.1, 0.15) is 98.0 Å². The molecule has 0 spiro atoms. The van der Waals surface area contributed by atoms with Crippen molar-refractivity contribution in [2.24, 2.45) is 11.3 Å². The average Bonchev–Trinajstić information content (AvgIpc) is 4.00. The Labute approximate surface area is 353 Å². The fourth-order valence-electron chi connectivity index (χ4n) is 7.02. The first-order valence-electron chi connectivity index (χ1n) is 20.2. The Hall–Kier alpha value is -4.12. The van der Waals surface area contributed by atoms with Crippen molar-refractivity contribution in [1.82, 2.24) is 36.4 Å². The third-order valence-corrected chi connectivity index (χ3v) is 11.6. The molecular formula is C40H58Cl2F3N7O7. The van der Waals surface area contributed by atoms with E-state index in [1.165, 1.54) is 25.9 Å². The van der Waals surface area contributed by atoms with Crippen molar-refractivity contribution >= 4 is 64.6 Å². The van der Waals surface area contributed by atoms with Gasteiger partial charge in [0.2, 0.25) is 41.4 Å². The molecular weight excluding hydrogens is 818 g/mol. The largest absolute Gasteiger partial charge is 0.403 e. The summed E-state index contributed by atoms with van der Waals surface area (Å²) < 4.78 is 40.8. The number of amides is 7. The molecule has 1 heterocycles. The molecule has 0 bridgehead atoms. The van der Waals surface area contributed by atoms with Gasteiger partial charge in [0.25, 0.3) is 0 Å². The van der Waals surface area contributed by atoms with Crippen molar-refractivity contribution in [2.45, 2.75) is 141 Å². The first-order valence-corrected chi connectivity index (χ1v) is 20.9. The zero-order valence-electron chi connectivity index (χ0n) is 34.7. The fourth-order valence-corrected chi connectivity index (χ4v) is 7.41. The first-order chi connectivity index (χ1) is 27.6. The summed E-state index contributed by atoms with van der Waals surface area (Å²) >= 11 is 12.7. The molecule has 0 radical (unpaired) electrons. The Kier molecular flexibility index (Phi) is 17.9. The van der Waals surface area contributed by atoms with E-state index >= 15 is 0 Å². The molecule has 59 heavy (non-hydrogen) atoms. The number of likely N-dealkylation sites (N-methyl/N-ethyl adjacent to an activating group) is 2. The van der Waals surface area contributed by atoms with Crippen molar-refractivity contribution in [3.05, 3.63) is 33.8 Å². The molecule has 2 fully saturated rings. The molecule has 7 amide bonds. The normalized spacial score (nSPS) is 23.0. The number of nitrogens with one attached hydrogen (secondary N) is 5. The van der Waals surface area contributed by atoms with Crippen LogP contribution in [-0.2, 0) is 40.0 Å². The second kappa shape index (κ2) is 21.4. The maximum Gasteiger partial charge on any atom is 0.403 e. The van der Waals surface area contributed by atoms with Crippen molar-refractivity contribution in [3.8, 4) is 0 Å². The highest BCUT2D eigenvalue weighted by molar-refractivity contribution is 6.33. The van der Waals surface area contributed by atoms with Gasteiger partial charge in [-0.05, 0) is 87.5 Å². The van der Waals surface area contributed by atoms with Crippen LogP contribution in [0, 0.1) is 11.3 Å². The van der Waals surface area contributed by atoms with Gasteiger partial charge in [-0.15, -0.1) is 0 Å². The molecule has 330 valence electrons. The van der Waals surface area contributed by atoms with Gasteiger partial charge in [0.05, 0.1) is 0 Å². The quantitative estimate of drug-likeness (QED) is 0.198. The summed E-state index contributed by atoms with van der Waals surface area (Å²) in [6.07, 6.45) is -4.46. The van der Waals surface area contributed by atoms with Crippen LogP contribution in [0.25, 0.3) is 0 Å². The topological polar surface area (TPSA) is 186 Å². The molecule has 0 unspecified atom stereocenters. The maximum atomic E-state index is 14.4. The van der Waals surface area contributed by atoms with Gasteiger partial charge in [-0.1, -0.05) is 57.8 Å². The predicted octanol–water partition coefficient (Wildman–Crippen LogP) is 4.05. The van der Waals surface area contributed by atoms with Crippen LogP contribution >= 0.6 is 23.2 Å². The van der Waals surface area contributed by atoms with Gasteiger partial charge in [-0.2, -0.15) is 13.2 Å². The Bertz CT molecular complexity index is 1710. The molecule has 2 aliphatic rings. The summed E-state index contributed by atoms with van der Waals surface area (Å²) in [5.74, 6) is -5.36. The molecule has 1 aromatic rings. The molecule has 1 saturated carbocycles. The monoisotopic (exact) mass is 875 g/mol. The maximum absolute atomic E-state index is 14.4. The van der Waals surface area contributed by atoms with E-state index in [0.717, 1.165) is 4.90 Å². The number of halogens is 5. The number of carbonyl (C=O) groups excluding carboxylic acids is 7. The summed E-state index contributed by atoms with van der Waals surface area (Å²) in [6, 6.07) is -2.35. The Balaban J connectivity index is 1.93. The highest BCUT2D eigenvalue weighted by Crippen LogP contribution is 2.57. The second-order valence-corrected chi connectivity index (χ2v) is 16.6. The van der Waals surface area contributed by atoms with Crippen LogP contribution in [0.15, 0.2) is 18.2 Å². The Morgan fingerprint density at radius 2 is 1.56 bits per heavy atom. The lowest BCUT2D eigenvalue weighted by Crippen LogP contribution is -2.60. The number of hydrogen-bond acceptors (Lipinski definition) is 7. The standard InChI is InChI=1S/C40H58Cl2F3N7O7/c1-8-26-32(53)46-18-12-11-13-30(51(6)36(57)28(10-3)48-33(54)27(9-2)50-38(59)39(16-17-39)40(43,44)45)34(55)49-29(19-22(4)5)37(58)52(7)31(35(56)47-26)21-23-20-24(41)14-15-25(23)42/h14-15,20,22,26-31H,8-13,16-19,21H2,1-7H3,(H,46,53)(H,47,56)(H,48,54)(H,49,55)(H,50,59)/t26-,27+,28+,29+,30+,31+/m1/s1. The van der Waals surface area contributed by atoms with Gasteiger partial charge < -0.3 is 36.4 Å². The van der Waals surface area contributed by atoms with Crippen molar-refractivity contribution in [3.63, 3.8) is 0 Å². The van der Waals surface area contributed by atoms with E-state index in [0.29, 0.717) is 28.5 Å². The lowest BCUT2D eigenvalue weighted by molar-refractivity contribution is -0.192. The van der Waals surface area contributed by atoms with Gasteiger partial charge in [-0.3, -0.25) is 33.6 Å². The van der Waals surface area contributed by atoms with Crippen LogP contribution in [-0.4, -0.2) is 114 Å². The zero-order valence-corrected chi connectivity index (χ0v) is 36.2. The summed E-state index contributed by atoms with van der Waals surface area (Å²) in [4.78, 5) is 98.2. The predicted molar refractivity (Wildman–Crippen MR) is 216 cm³/mol. The molecule has 3 rings (SSSR count). The van der Waals surface area contributed by atoms with Crippen molar-refractivity contribution in [1.29, 1.82) is 0 Å². The van der Waals surface area contributed by atoms with Crippen LogP contribution in [0.3, 0.4) is 0 Å². The van der Waals surface area contributed by atoms with E-state index in [2.05, 4.69) is 26.6 Å². The van der Waals surface area contributed by atoms with Crippen molar-refractivity contribution in [2.75, 3.05) is 20.6 Å². The molecule has 1 aromatic carbocycles. The van der Waals surface area contributed by atoms with Crippen LogP contribution < -0.4 is 26.6 Å². The first kappa shape index (κ1) is 49.2. The van der Waals surface area contributed by atoms with Gasteiger partial charge in [-0.25, -0.2) is 0 Å². The third kappa shape index (κ3) is 12.7. The van der Waals surface area contributed by atoms with E-state index in [4.69, 9.17) is 23.2 Å². The summed E-state index contributed by atoms with van der Waals surface area (Å²) in [6.45, 7) is 8.71. The lowest BCUT2D eigenvalue weighted by Gasteiger charge is -2.35. The number of rotatable bonds is 13. The summed E-state index contributed by atoms with van der Waals surface area (Å²) in [5.41, 5.74) is -2.08. The molecule has 19 heteroatoms. The van der Waals surface area contributed by atoms with Crippen LogP contribution in [0.4, 0.5) is 13.2 Å². The minimum atomic E-state index is -4.78. The molecule has 5 N–H and O–H groups in total. The fraction of sp³-hybridized carbons (Fsp3) is 0.675. The number of benzene rings is 1. The number of carbonyl (C=O) groups is 7. The van der Waals surface area contributed by atoms with E-state index in [9.17, 15) is 46.7 Å². The zero-order chi connectivity index (χ0) is 44.4. The van der Waals surface area contributed by atoms with Crippen LogP contribution in [0.2, 0.25) is 10.0 Å². The highest BCUT2D eigenvalue weighted by Gasteiger charge is 2.68.